The van der Waals surface area contributed by atoms with Crippen molar-refractivity contribution in [2.45, 2.75) is 121 Å². The van der Waals surface area contributed by atoms with Crippen molar-refractivity contribution in [1.82, 2.24) is 19.8 Å². The van der Waals surface area contributed by atoms with E-state index in [0.29, 0.717) is 24.7 Å². The van der Waals surface area contributed by atoms with E-state index in [1.807, 2.05) is 35.2 Å². The van der Waals surface area contributed by atoms with Gasteiger partial charge in [0.1, 0.15) is 12.6 Å². The summed E-state index contributed by atoms with van der Waals surface area (Å²) >= 11 is 0. The minimum Gasteiger partial charge on any atom is -0.443 e. The summed E-state index contributed by atoms with van der Waals surface area (Å²) < 4.78 is 5.81. The average molecular weight is 595 g/mol. The van der Waals surface area contributed by atoms with Crippen LogP contribution in [-0.4, -0.2) is 88.7 Å². The molecule has 9 heteroatoms. The maximum Gasteiger partial charge on any atom is 0.436 e. The number of amides is 3. The van der Waals surface area contributed by atoms with Crippen LogP contribution >= 0.6 is 0 Å². The molecule has 0 N–H and O–H groups in total. The summed E-state index contributed by atoms with van der Waals surface area (Å²) in [5, 5.41) is 1.33. The van der Waals surface area contributed by atoms with E-state index in [0.717, 1.165) is 70.0 Å². The van der Waals surface area contributed by atoms with Crippen LogP contribution < -0.4 is 0 Å². The second kappa shape index (κ2) is 14.0. The third-order valence-corrected chi connectivity index (χ3v) is 10.7. The second-order valence-corrected chi connectivity index (χ2v) is 13.7. The van der Waals surface area contributed by atoms with Gasteiger partial charge in [0.2, 0.25) is 5.91 Å². The van der Waals surface area contributed by atoms with Gasteiger partial charge in [-0.15, -0.1) is 0 Å². The van der Waals surface area contributed by atoms with Crippen LogP contribution in [0.1, 0.15) is 95.5 Å². The SMILES string of the molecule is CN1CCC(N2CC3N(C(=O)OCc4ccccc4)O[C@H](CC4CCCCC4)C(=O)N3[C@@H](CC3CCCCC3)C2=O)CC1. The van der Waals surface area contributed by atoms with Crippen LogP contribution in [0.3, 0.4) is 0 Å². The molecule has 6 rings (SSSR count). The molecule has 3 heterocycles. The number of ether oxygens (including phenoxy) is 1. The first-order valence-electron chi connectivity index (χ1n) is 17.0. The molecule has 236 valence electrons. The van der Waals surface area contributed by atoms with Crippen molar-refractivity contribution in [3.8, 4) is 0 Å². The molecule has 5 aliphatic rings. The highest BCUT2D eigenvalue weighted by Crippen LogP contribution is 2.38. The molecule has 3 aliphatic heterocycles. The number of rotatable bonds is 7. The van der Waals surface area contributed by atoms with E-state index in [1.165, 1.54) is 30.7 Å². The summed E-state index contributed by atoms with van der Waals surface area (Å²) in [6.07, 6.45) is 12.4. The highest BCUT2D eigenvalue weighted by molar-refractivity contribution is 5.92. The van der Waals surface area contributed by atoms with Crippen molar-refractivity contribution < 1.29 is 24.0 Å². The number of hydrogen-bond acceptors (Lipinski definition) is 6. The summed E-state index contributed by atoms with van der Waals surface area (Å²) in [5.41, 5.74) is 0.890. The Kier molecular flexibility index (Phi) is 9.87. The number of nitrogens with zero attached hydrogens (tertiary/aromatic N) is 4. The monoisotopic (exact) mass is 594 g/mol. The van der Waals surface area contributed by atoms with E-state index in [9.17, 15) is 14.4 Å². The third-order valence-electron chi connectivity index (χ3n) is 10.7. The van der Waals surface area contributed by atoms with Gasteiger partial charge in [-0.2, -0.15) is 5.06 Å². The summed E-state index contributed by atoms with van der Waals surface area (Å²) in [5.74, 6) is 0.724. The number of likely N-dealkylation sites (tertiary alicyclic amines) is 1. The van der Waals surface area contributed by atoms with Crippen molar-refractivity contribution >= 4 is 17.9 Å². The number of piperazine rings is 1. The lowest BCUT2D eigenvalue weighted by Gasteiger charge is -2.55. The van der Waals surface area contributed by atoms with E-state index in [2.05, 4.69) is 11.9 Å². The van der Waals surface area contributed by atoms with Crippen molar-refractivity contribution in [2.24, 2.45) is 11.8 Å². The van der Waals surface area contributed by atoms with Crippen molar-refractivity contribution in [2.75, 3.05) is 26.7 Å². The number of hydrogen-bond donors (Lipinski definition) is 0. The molecule has 2 aliphatic carbocycles. The van der Waals surface area contributed by atoms with Gasteiger partial charge in [-0.1, -0.05) is 94.5 Å². The predicted octanol–water partition coefficient (Wildman–Crippen LogP) is 5.34. The van der Waals surface area contributed by atoms with Gasteiger partial charge in [-0.25, -0.2) is 4.79 Å². The lowest BCUT2D eigenvalue weighted by molar-refractivity contribution is -0.271. The fourth-order valence-electron chi connectivity index (χ4n) is 8.18. The molecular formula is C34H50N4O5. The van der Waals surface area contributed by atoms with Gasteiger partial charge >= 0.3 is 6.09 Å². The molecule has 0 radical (unpaired) electrons. The van der Waals surface area contributed by atoms with E-state index >= 15 is 0 Å². The van der Waals surface area contributed by atoms with Crippen LogP contribution in [0.2, 0.25) is 0 Å². The van der Waals surface area contributed by atoms with Crippen LogP contribution in [0.4, 0.5) is 4.79 Å². The minimum absolute atomic E-state index is 0.0562. The number of carbonyl (C=O) groups excluding carboxylic acids is 3. The van der Waals surface area contributed by atoms with Crippen LogP contribution in [0.25, 0.3) is 0 Å². The molecule has 3 atom stereocenters. The molecule has 0 aromatic heterocycles. The van der Waals surface area contributed by atoms with Crippen LogP contribution in [0.15, 0.2) is 30.3 Å². The first kappa shape index (κ1) is 30.4. The number of benzene rings is 1. The molecule has 43 heavy (non-hydrogen) atoms. The van der Waals surface area contributed by atoms with Gasteiger partial charge in [0.05, 0.1) is 6.54 Å². The fourth-order valence-corrected chi connectivity index (χ4v) is 8.18. The minimum atomic E-state index is -0.778. The lowest BCUT2D eigenvalue weighted by Crippen LogP contribution is -2.74. The molecule has 0 spiro atoms. The first-order chi connectivity index (χ1) is 21.0. The zero-order valence-electron chi connectivity index (χ0n) is 25.9. The largest absolute Gasteiger partial charge is 0.443 e. The highest BCUT2D eigenvalue weighted by atomic mass is 16.7. The molecule has 3 saturated heterocycles. The fraction of sp³-hybridized carbons (Fsp3) is 0.735. The zero-order chi connectivity index (χ0) is 29.8. The maximum atomic E-state index is 14.4. The Morgan fingerprint density at radius 2 is 1.47 bits per heavy atom. The number of carbonyl (C=O) groups is 3. The van der Waals surface area contributed by atoms with Gasteiger partial charge in [-0.05, 0) is 63.2 Å². The third kappa shape index (κ3) is 7.03. The Morgan fingerprint density at radius 3 is 2.12 bits per heavy atom. The Labute approximate surface area is 256 Å². The molecule has 2 saturated carbocycles. The number of piperidine rings is 1. The molecule has 1 aromatic carbocycles. The van der Waals surface area contributed by atoms with Gasteiger partial charge in [-0.3, -0.25) is 14.4 Å². The highest BCUT2D eigenvalue weighted by Gasteiger charge is 2.55. The Balaban J connectivity index is 1.29. The van der Waals surface area contributed by atoms with Gasteiger partial charge in [0, 0.05) is 6.04 Å². The molecule has 1 aromatic rings. The summed E-state index contributed by atoms with van der Waals surface area (Å²) in [4.78, 5) is 55.0. The van der Waals surface area contributed by atoms with E-state index in [1.54, 1.807) is 4.90 Å². The van der Waals surface area contributed by atoms with Gasteiger partial charge in [0.15, 0.2) is 12.3 Å². The Bertz CT molecular complexity index is 1100. The molecule has 5 fully saturated rings. The van der Waals surface area contributed by atoms with Crippen LogP contribution in [0, 0.1) is 11.8 Å². The lowest BCUT2D eigenvalue weighted by atomic mass is 9.82. The molecule has 0 bridgehead atoms. The standard InChI is InChI=1S/C34H50N4O5/c1-35-19-17-28(18-20-35)36-23-31-37(29(32(36)39)21-25-11-5-2-6-12-25)33(40)30(22-26-13-7-3-8-14-26)43-38(31)34(41)42-24-27-15-9-4-10-16-27/h4,9-10,15-16,25-26,28-31H,2-3,5-8,11-14,17-24H2,1H3/t29-,30+,31?/m0/s1. The smallest absolute Gasteiger partial charge is 0.436 e. The predicted molar refractivity (Wildman–Crippen MR) is 162 cm³/mol. The number of hydroxylamine groups is 2. The first-order valence-corrected chi connectivity index (χ1v) is 17.0. The molecular weight excluding hydrogens is 544 g/mol. The zero-order valence-corrected chi connectivity index (χ0v) is 25.9. The topological polar surface area (TPSA) is 82.6 Å². The van der Waals surface area contributed by atoms with Crippen molar-refractivity contribution in [1.29, 1.82) is 0 Å². The Hall–Kier alpha value is -2.65. The van der Waals surface area contributed by atoms with Gasteiger partial charge < -0.3 is 19.4 Å². The molecule has 1 unspecified atom stereocenters. The summed E-state index contributed by atoms with van der Waals surface area (Å²) in [6, 6.07) is 9.14. The molecule has 3 amide bonds. The van der Waals surface area contributed by atoms with E-state index in [4.69, 9.17) is 9.57 Å². The van der Waals surface area contributed by atoms with E-state index < -0.39 is 24.4 Å². The molecule has 9 nitrogen and oxygen atoms in total. The van der Waals surface area contributed by atoms with Crippen LogP contribution in [0.5, 0.6) is 0 Å². The van der Waals surface area contributed by atoms with E-state index in [-0.39, 0.29) is 31.0 Å². The van der Waals surface area contributed by atoms with Crippen LogP contribution in [-0.2, 0) is 25.8 Å². The average Bonchev–Trinajstić information content (AvgIpc) is 3.04. The van der Waals surface area contributed by atoms with Gasteiger partial charge in [0.25, 0.3) is 5.91 Å². The maximum absolute atomic E-state index is 14.4. The summed E-state index contributed by atoms with van der Waals surface area (Å²) in [7, 11) is 2.12. The number of fused-ring (bicyclic) bond motifs is 1. The normalized spacial score (nSPS) is 28.7. The Morgan fingerprint density at radius 1 is 0.837 bits per heavy atom. The van der Waals surface area contributed by atoms with Crippen molar-refractivity contribution in [3.63, 3.8) is 0 Å². The van der Waals surface area contributed by atoms with Crippen molar-refractivity contribution in [3.05, 3.63) is 35.9 Å². The second-order valence-electron chi connectivity index (χ2n) is 13.7. The quantitative estimate of drug-likeness (QED) is 0.424. The summed E-state index contributed by atoms with van der Waals surface area (Å²) in [6.45, 7) is 2.24.